The van der Waals surface area contributed by atoms with E-state index in [4.69, 9.17) is 5.26 Å². The molecule has 0 saturated carbocycles. The Morgan fingerprint density at radius 3 is 2.80 bits per heavy atom. The number of hydrogen-bond acceptors (Lipinski definition) is 2. The molecule has 1 atom stereocenters. The molecule has 2 rings (SSSR count). The van der Waals surface area contributed by atoms with Gasteiger partial charge < -0.3 is 10.2 Å². The molecule has 0 radical (unpaired) electrons. The Morgan fingerprint density at radius 2 is 2.15 bits per heavy atom. The molecule has 5 heteroatoms. The average Bonchev–Trinajstić information content (AvgIpc) is 2.85. The molecule has 0 fully saturated rings. The summed E-state index contributed by atoms with van der Waals surface area (Å²) in [6.07, 6.45) is 3.70. The highest BCUT2D eigenvalue weighted by molar-refractivity contribution is 9.10. The van der Waals surface area contributed by atoms with E-state index in [1.165, 1.54) is 17.5 Å². The van der Waals surface area contributed by atoms with Gasteiger partial charge in [0.1, 0.15) is 0 Å². The molecule has 106 valence electrons. The number of fused-ring (bicyclic) bond motifs is 1. The Balaban J connectivity index is 2.10. The molecule has 2 amide bonds. The number of nitrogens with zero attached hydrogens (tertiary/aromatic N) is 2. The Labute approximate surface area is 127 Å². The lowest BCUT2D eigenvalue weighted by Crippen LogP contribution is -2.38. The summed E-state index contributed by atoms with van der Waals surface area (Å²) >= 11 is 3.51. The van der Waals surface area contributed by atoms with E-state index >= 15 is 0 Å². The number of amides is 2. The van der Waals surface area contributed by atoms with Crippen molar-refractivity contribution in [2.75, 3.05) is 12.4 Å². The number of aryl methyl sites for hydroxylation is 2. The van der Waals surface area contributed by atoms with Gasteiger partial charge in [-0.15, -0.1) is 0 Å². The van der Waals surface area contributed by atoms with Gasteiger partial charge in [-0.05, 0) is 65.4 Å². The Morgan fingerprint density at radius 1 is 1.50 bits per heavy atom. The van der Waals surface area contributed by atoms with Crippen molar-refractivity contribution in [3.05, 3.63) is 27.7 Å². The molecule has 0 heterocycles. The Bertz CT molecular complexity index is 565. The molecule has 0 saturated heterocycles. The topological polar surface area (TPSA) is 56.1 Å². The number of nitrogens with one attached hydrogen (secondary N) is 1. The minimum atomic E-state index is -0.189. The van der Waals surface area contributed by atoms with Crippen molar-refractivity contribution < 1.29 is 4.79 Å². The van der Waals surface area contributed by atoms with E-state index in [1.807, 2.05) is 13.0 Å². The van der Waals surface area contributed by atoms with Gasteiger partial charge in [-0.1, -0.05) is 0 Å². The minimum Gasteiger partial charge on any atom is -0.324 e. The van der Waals surface area contributed by atoms with Gasteiger partial charge >= 0.3 is 6.03 Å². The van der Waals surface area contributed by atoms with Gasteiger partial charge in [-0.25, -0.2) is 4.79 Å². The van der Waals surface area contributed by atoms with Crippen LogP contribution in [0.4, 0.5) is 10.5 Å². The number of carbonyl (C=O) groups excluding carboxylic acids is 1. The predicted molar refractivity (Wildman–Crippen MR) is 82.6 cm³/mol. The van der Waals surface area contributed by atoms with E-state index in [0.29, 0.717) is 6.42 Å². The van der Waals surface area contributed by atoms with Gasteiger partial charge in [-0.2, -0.15) is 5.26 Å². The molecule has 1 aromatic rings. The lowest BCUT2D eigenvalue weighted by molar-refractivity contribution is 0.208. The maximum Gasteiger partial charge on any atom is 0.321 e. The van der Waals surface area contributed by atoms with Crippen LogP contribution in [0.3, 0.4) is 0 Å². The van der Waals surface area contributed by atoms with Crippen LogP contribution >= 0.6 is 15.9 Å². The second-order valence-corrected chi connectivity index (χ2v) is 6.06. The van der Waals surface area contributed by atoms with E-state index in [-0.39, 0.29) is 12.1 Å². The minimum absolute atomic E-state index is 0.104. The zero-order chi connectivity index (χ0) is 14.7. The smallest absolute Gasteiger partial charge is 0.321 e. The number of rotatable bonds is 3. The molecule has 1 aromatic carbocycles. The highest BCUT2D eigenvalue weighted by atomic mass is 79.9. The Kier molecular flexibility index (Phi) is 4.66. The van der Waals surface area contributed by atoms with Crippen molar-refractivity contribution >= 4 is 27.6 Å². The largest absolute Gasteiger partial charge is 0.324 e. The number of benzene rings is 1. The maximum absolute atomic E-state index is 12.2. The lowest BCUT2D eigenvalue weighted by Gasteiger charge is -2.23. The van der Waals surface area contributed by atoms with E-state index < -0.39 is 0 Å². The third kappa shape index (κ3) is 3.13. The number of halogens is 1. The fourth-order valence-corrected chi connectivity index (χ4v) is 2.85. The third-order valence-electron chi connectivity index (χ3n) is 3.79. The molecule has 1 N–H and O–H groups in total. The van der Waals surface area contributed by atoms with E-state index in [0.717, 1.165) is 23.0 Å². The summed E-state index contributed by atoms with van der Waals surface area (Å²) in [5.41, 5.74) is 3.48. The van der Waals surface area contributed by atoms with Crippen LogP contribution < -0.4 is 5.32 Å². The fourth-order valence-electron chi connectivity index (χ4n) is 2.36. The van der Waals surface area contributed by atoms with Gasteiger partial charge in [0.25, 0.3) is 0 Å². The van der Waals surface area contributed by atoms with Gasteiger partial charge in [0, 0.05) is 17.6 Å². The first-order chi connectivity index (χ1) is 9.52. The molecule has 20 heavy (non-hydrogen) atoms. The first-order valence-electron chi connectivity index (χ1n) is 6.75. The zero-order valence-electron chi connectivity index (χ0n) is 11.7. The lowest BCUT2D eigenvalue weighted by atomic mass is 10.1. The highest BCUT2D eigenvalue weighted by Crippen LogP contribution is 2.31. The molecule has 0 spiro atoms. The summed E-state index contributed by atoms with van der Waals surface area (Å²) in [5, 5.41) is 11.6. The third-order valence-corrected chi connectivity index (χ3v) is 4.45. The predicted octanol–water partition coefficient (Wildman–Crippen LogP) is 3.70. The monoisotopic (exact) mass is 335 g/mol. The number of nitriles is 1. The van der Waals surface area contributed by atoms with Crippen LogP contribution in [-0.2, 0) is 12.8 Å². The summed E-state index contributed by atoms with van der Waals surface area (Å²) in [5.74, 6) is 0. The number of urea groups is 1. The highest BCUT2D eigenvalue weighted by Gasteiger charge is 2.18. The number of carbonyl (C=O) groups is 1. The van der Waals surface area contributed by atoms with Crippen LogP contribution in [0.5, 0.6) is 0 Å². The van der Waals surface area contributed by atoms with E-state index in [9.17, 15) is 4.79 Å². The van der Waals surface area contributed by atoms with Crippen molar-refractivity contribution in [3.8, 4) is 6.07 Å². The molecule has 0 aromatic heterocycles. The standard InChI is InChI=1S/C15H18BrN3O/c1-10(6-7-17)19(2)15(20)18-14-9-12-5-3-4-11(12)8-13(14)16/h8-10H,3-6H2,1-2H3,(H,18,20)/t10-/m1/s1. The van der Waals surface area contributed by atoms with Crippen molar-refractivity contribution in [2.24, 2.45) is 0 Å². The molecular weight excluding hydrogens is 318 g/mol. The van der Waals surface area contributed by atoms with Crippen LogP contribution in [0.15, 0.2) is 16.6 Å². The van der Waals surface area contributed by atoms with Crippen LogP contribution in [-0.4, -0.2) is 24.0 Å². The average molecular weight is 336 g/mol. The molecular formula is C15H18BrN3O. The first-order valence-corrected chi connectivity index (χ1v) is 7.54. The fraction of sp³-hybridized carbons (Fsp3) is 0.467. The van der Waals surface area contributed by atoms with Crippen molar-refractivity contribution in [1.29, 1.82) is 5.26 Å². The normalized spacial score (nSPS) is 14.3. The van der Waals surface area contributed by atoms with Crippen LogP contribution in [0, 0.1) is 11.3 Å². The molecule has 0 aliphatic heterocycles. The quantitative estimate of drug-likeness (QED) is 0.915. The Hall–Kier alpha value is -1.54. The summed E-state index contributed by atoms with van der Waals surface area (Å²) in [4.78, 5) is 13.7. The second kappa shape index (κ2) is 6.27. The molecule has 1 aliphatic rings. The van der Waals surface area contributed by atoms with E-state index in [2.05, 4.69) is 33.4 Å². The number of anilines is 1. The van der Waals surface area contributed by atoms with Crippen molar-refractivity contribution in [3.63, 3.8) is 0 Å². The molecule has 0 bridgehead atoms. The van der Waals surface area contributed by atoms with Crippen LogP contribution in [0.2, 0.25) is 0 Å². The van der Waals surface area contributed by atoms with Gasteiger partial charge in [0.05, 0.1) is 18.2 Å². The van der Waals surface area contributed by atoms with Crippen LogP contribution in [0.25, 0.3) is 0 Å². The summed E-state index contributed by atoms with van der Waals surface area (Å²) in [7, 11) is 1.71. The second-order valence-electron chi connectivity index (χ2n) is 5.21. The summed E-state index contributed by atoms with van der Waals surface area (Å²) < 4.78 is 0.910. The van der Waals surface area contributed by atoms with Gasteiger partial charge in [0.15, 0.2) is 0 Å². The number of hydrogen-bond donors (Lipinski definition) is 1. The first kappa shape index (κ1) is 14.9. The molecule has 0 unspecified atom stereocenters. The van der Waals surface area contributed by atoms with Crippen molar-refractivity contribution in [1.82, 2.24) is 4.90 Å². The van der Waals surface area contributed by atoms with Gasteiger partial charge in [0.2, 0.25) is 0 Å². The van der Waals surface area contributed by atoms with Gasteiger partial charge in [-0.3, -0.25) is 0 Å². The summed E-state index contributed by atoms with van der Waals surface area (Å²) in [6.45, 7) is 1.86. The summed E-state index contributed by atoms with van der Waals surface area (Å²) in [6, 6.07) is 5.93. The zero-order valence-corrected chi connectivity index (χ0v) is 13.3. The van der Waals surface area contributed by atoms with Crippen molar-refractivity contribution in [2.45, 2.75) is 38.6 Å². The molecule has 4 nitrogen and oxygen atoms in total. The SMILES string of the molecule is C[C@H](CC#N)N(C)C(=O)Nc1cc2c(cc1Br)CCC2. The maximum atomic E-state index is 12.2. The van der Waals surface area contributed by atoms with E-state index in [1.54, 1.807) is 11.9 Å². The van der Waals surface area contributed by atoms with Crippen LogP contribution in [0.1, 0.15) is 30.9 Å². The molecule has 1 aliphatic carbocycles.